The fraction of sp³-hybridized carbons (Fsp3) is 0.421. The molecule has 0 amide bonds. The maximum absolute atomic E-state index is 14.1. The Morgan fingerprint density at radius 3 is 2.03 bits per heavy atom. The van der Waals surface area contributed by atoms with Crippen LogP contribution < -0.4 is 0 Å². The quantitative estimate of drug-likeness (QED) is 0.283. The molecule has 1 aliphatic carbocycles. The van der Waals surface area contributed by atoms with E-state index in [4.69, 9.17) is 11.6 Å². The smallest absolute Gasteiger partial charge is 0.442 e. The topological polar surface area (TPSA) is 26.3 Å². The van der Waals surface area contributed by atoms with Crippen LogP contribution in [0, 0.1) is 40.5 Å². The number of alkyl halides is 3. The predicted molar refractivity (Wildman–Crippen MR) is 90.8 cm³/mol. The Bertz CT molecular complexity index is 876. The summed E-state index contributed by atoms with van der Waals surface area (Å²) in [6.07, 6.45) is -4.49. The fourth-order valence-electron chi connectivity index (χ4n) is 3.12. The largest absolute Gasteiger partial charge is 0.460 e. The Morgan fingerprint density at radius 1 is 1.07 bits per heavy atom. The van der Waals surface area contributed by atoms with Gasteiger partial charge in [0.05, 0.1) is 11.5 Å². The van der Waals surface area contributed by atoms with Crippen LogP contribution in [0.2, 0.25) is 0 Å². The highest BCUT2D eigenvalue weighted by Crippen LogP contribution is 2.60. The minimum atomic E-state index is -5.23. The monoisotopic (exact) mass is 462 g/mol. The van der Waals surface area contributed by atoms with Gasteiger partial charge in [-0.2, -0.15) is 13.2 Å². The molecular weight excluding hydrogens is 448 g/mol. The van der Waals surface area contributed by atoms with Crippen LogP contribution in [0.5, 0.6) is 0 Å². The molecule has 1 aliphatic rings. The molecular formula is C19H15ClF8O2. The van der Waals surface area contributed by atoms with Crippen LogP contribution in [0.1, 0.15) is 25.0 Å². The van der Waals surface area contributed by atoms with Crippen molar-refractivity contribution in [3.63, 3.8) is 0 Å². The van der Waals surface area contributed by atoms with E-state index in [1.165, 1.54) is 13.8 Å². The third-order valence-electron chi connectivity index (χ3n) is 4.98. The lowest BCUT2D eigenvalue weighted by Gasteiger charge is -2.12. The molecule has 0 unspecified atom stereocenters. The molecule has 30 heavy (non-hydrogen) atoms. The van der Waals surface area contributed by atoms with Gasteiger partial charge >= 0.3 is 12.1 Å². The van der Waals surface area contributed by atoms with Gasteiger partial charge < -0.3 is 4.74 Å². The zero-order chi connectivity index (χ0) is 23.0. The minimum Gasteiger partial charge on any atom is -0.460 e. The molecule has 0 aliphatic heterocycles. The van der Waals surface area contributed by atoms with Crippen LogP contribution >= 0.6 is 11.6 Å². The second-order valence-corrected chi connectivity index (χ2v) is 7.48. The van der Waals surface area contributed by atoms with Crippen molar-refractivity contribution in [2.75, 3.05) is 0 Å². The number of esters is 1. The van der Waals surface area contributed by atoms with E-state index >= 15 is 0 Å². The van der Waals surface area contributed by atoms with Crippen LogP contribution in [0.3, 0.4) is 0 Å². The molecule has 0 heterocycles. The van der Waals surface area contributed by atoms with E-state index in [0.717, 1.165) is 11.6 Å². The van der Waals surface area contributed by atoms with Gasteiger partial charge in [0.2, 0.25) is 0 Å². The van der Waals surface area contributed by atoms with Crippen LogP contribution in [-0.2, 0) is 22.6 Å². The van der Waals surface area contributed by atoms with Gasteiger partial charge in [-0.05, 0) is 23.8 Å². The predicted octanol–water partition coefficient (Wildman–Crippen LogP) is 6.27. The Labute approximate surface area is 171 Å². The van der Waals surface area contributed by atoms with Crippen molar-refractivity contribution in [1.82, 2.24) is 0 Å². The molecule has 11 heteroatoms. The van der Waals surface area contributed by atoms with Crippen LogP contribution in [0.25, 0.3) is 0 Å². The Morgan fingerprint density at radius 2 is 1.57 bits per heavy atom. The number of halogens is 9. The summed E-state index contributed by atoms with van der Waals surface area (Å²) in [5.41, 5.74) is -2.35. The van der Waals surface area contributed by atoms with Crippen molar-refractivity contribution in [3.05, 3.63) is 57.9 Å². The number of ether oxygens (including phenoxy) is 1. The molecule has 1 aromatic rings. The molecule has 1 saturated carbocycles. The first-order valence-corrected chi connectivity index (χ1v) is 8.88. The van der Waals surface area contributed by atoms with Gasteiger partial charge in [0.15, 0.2) is 29.1 Å². The van der Waals surface area contributed by atoms with E-state index in [-0.39, 0.29) is 6.08 Å². The highest BCUT2D eigenvalue weighted by Gasteiger charge is 2.62. The van der Waals surface area contributed by atoms with E-state index < -0.39 is 82.6 Å². The molecule has 2 atom stereocenters. The van der Waals surface area contributed by atoms with Crippen LogP contribution in [0.15, 0.2) is 23.5 Å². The average Bonchev–Trinajstić information content (AvgIpc) is 3.19. The van der Waals surface area contributed by atoms with Gasteiger partial charge in [-0.1, -0.05) is 31.5 Å². The molecule has 166 valence electrons. The number of hydrogen-bond donors (Lipinski definition) is 0. The summed E-state index contributed by atoms with van der Waals surface area (Å²) >= 11 is 5.22. The molecule has 0 N–H and O–H groups in total. The normalized spacial score (nSPS) is 21.2. The molecule has 1 aromatic carbocycles. The summed E-state index contributed by atoms with van der Waals surface area (Å²) in [4.78, 5) is 12.1. The summed E-state index contributed by atoms with van der Waals surface area (Å²) in [7, 11) is 0. The fourth-order valence-corrected chi connectivity index (χ4v) is 3.20. The minimum absolute atomic E-state index is 0.228. The van der Waals surface area contributed by atoms with E-state index in [0.29, 0.717) is 0 Å². The Hall–Kier alpha value is -2.10. The third kappa shape index (κ3) is 4.63. The summed E-state index contributed by atoms with van der Waals surface area (Å²) in [6.45, 7) is 1.52. The summed E-state index contributed by atoms with van der Waals surface area (Å²) in [6, 6.07) is 0. The van der Waals surface area contributed by atoms with Crippen molar-refractivity contribution in [3.8, 4) is 0 Å². The first kappa shape index (κ1) is 24.2. The SMILES string of the molecule is CC1(C)[C@H](/C=C(\F)C(F)(F)F)[C@@H]1C(=O)OCc1c(F)c(F)c(CC=CCl)c(F)c1F. The van der Waals surface area contributed by atoms with Gasteiger partial charge in [-0.25, -0.2) is 22.0 Å². The Balaban J connectivity index is 2.19. The van der Waals surface area contributed by atoms with Gasteiger partial charge in [-0.15, -0.1) is 0 Å². The van der Waals surface area contributed by atoms with E-state index in [1.54, 1.807) is 0 Å². The maximum atomic E-state index is 14.1. The van der Waals surface area contributed by atoms with Crippen molar-refractivity contribution in [1.29, 1.82) is 0 Å². The first-order valence-electron chi connectivity index (χ1n) is 8.45. The molecule has 0 spiro atoms. The molecule has 0 saturated heterocycles. The summed E-state index contributed by atoms with van der Waals surface area (Å²) in [5, 5.41) is 0. The van der Waals surface area contributed by atoms with Crippen LogP contribution in [-0.4, -0.2) is 12.1 Å². The molecule has 0 radical (unpaired) electrons. The van der Waals surface area contributed by atoms with Gasteiger partial charge in [0.25, 0.3) is 0 Å². The van der Waals surface area contributed by atoms with Crippen molar-refractivity contribution in [2.45, 2.75) is 33.1 Å². The summed E-state index contributed by atoms with van der Waals surface area (Å²) < 4.78 is 111. The second-order valence-electron chi connectivity index (χ2n) is 7.22. The number of carbonyl (C=O) groups excluding carboxylic acids is 1. The average molecular weight is 463 g/mol. The van der Waals surface area contributed by atoms with E-state index in [1.807, 2.05) is 0 Å². The maximum Gasteiger partial charge on any atom is 0.442 e. The van der Waals surface area contributed by atoms with E-state index in [2.05, 4.69) is 4.74 Å². The lowest BCUT2D eigenvalue weighted by molar-refractivity contribution is -0.147. The molecule has 2 rings (SSSR count). The van der Waals surface area contributed by atoms with E-state index in [9.17, 15) is 39.9 Å². The highest BCUT2D eigenvalue weighted by molar-refractivity contribution is 6.25. The zero-order valence-corrected chi connectivity index (χ0v) is 16.3. The number of benzene rings is 1. The molecule has 2 nitrogen and oxygen atoms in total. The number of hydrogen-bond acceptors (Lipinski definition) is 2. The molecule has 0 aromatic heterocycles. The zero-order valence-electron chi connectivity index (χ0n) is 15.5. The summed E-state index contributed by atoms with van der Waals surface area (Å²) in [5.74, 6) is -13.0. The Kier molecular flexibility index (Phi) is 6.90. The second kappa shape index (κ2) is 8.56. The third-order valence-corrected chi connectivity index (χ3v) is 5.15. The number of rotatable bonds is 6. The number of carbonyl (C=O) groups is 1. The van der Waals surface area contributed by atoms with Crippen molar-refractivity contribution < 1.29 is 44.7 Å². The lowest BCUT2D eigenvalue weighted by atomic mass is 10.1. The molecule has 0 bridgehead atoms. The van der Waals surface area contributed by atoms with Gasteiger partial charge in [0, 0.05) is 11.1 Å². The van der Waals surface area contributed by atoms with Crippen molar-refractivity contribution in [2.24, 2.45) is 17.3 Å². The molecule has 1 fully saturated rings. The van der Waals surface area contributed by atoms with Crippen molar-refractivity contribution >= 4 is 17.6 Å². The highest BCUT2D eigenvalue weighted by atomic mass is 35.5. The lowest BCUT2D eigenvalue weighted by Crippen LogP contribution is -2.15. The van der Waals surface area contributed by atoms with Crippen LogP contribution in [0.4, 0.5) is 35.1 Å². The van der Waals surface area contributed by atoms with Gasteiger partial charge in [0.1, 0.15) is 6.61 Å². The first-order chi connectivity index (χ1) is 13.7. The number of allylic oxidation sites excluding steroid dienone is 3. The standard InChI is InChI=1S/C19H15ClF8O2/c1-18(2)10(6-11(21)19(26,27)28)12(18)17(29)30-7-9-15(24)13(22)8(4-3-5-20)14(23)16(9)25/h3,5-6,10,12H,4,7H2,1-2H3/b5-3?,11-6-/t10-,12-/m1/s1. The van der Waals surface area contributed by atoms with Gasteiger partial charge in [-0.3, -0.25) is 4.79 Å².